The third-order valence-corrected chi connectivity index (χ3v) is 3.74. The van der Waals surface area contributed by atoms with Crippen LogP contribution in [0.5, 0.6) is 0 Å². The zero-order valence-electron chi connectivity index (χ0n) is 10.9. The second-order valence-electron chi connectivity index (χ2n) is 4.60. The molecule has 1 fully saturated rings. The molecule has 0 aromatic heterocycles. The Labute approximate surface area is 111 Å². The molecule has 0 saturated carbocycles. The van der Waals surface area contributed by atoms with E-state index in [4.69, 9.17) is 4.74 Å². The first kappa shape index (κ1) is 14.0. The van der Waals surface area contributed by atoms with E-state index in [-0.39, 0.29) is 5.56 Å². The number of aliphatic carboxylic acids is 1. The largest absolute Gasteiger partial charge is 0.480 e. The minimum absolute atomic E-state index is 0.229. The fourth-order valence-electron chi connectivity index (χ4n) is 2.73. The van der Waals surface area contributed by atoms with E-state index in [0.717, 1.165) is 0 Å². The van der Waals surface area contributed by atoms with E-state index < -0.39 is 17.3 Å². The summed E-state index contributed by atoms with van der Waals surface area (Å²) in [6.45, 7) is 3.71. The summed E-state index contributed by atoms with van der Waals surface area (Å²) in [6, 6.07) is 6.11. The first-order valence-electron chi connectivity index (χ1n) is 6.44. The molecule has 4 nitrogen and oxygen atoms in total. The quantitative estimate of drug-likeness (QED) is 0.904. The number of nitrogens with zero attached hydrogens (tertiary/aromatic N) is 1. The molecule has 1 aliphatic rings. The number of hydrogen-bond acceptors (Lipinski definition) is 3. The maximum Gasteiger partial charge on any atom is 0.328 e. The minimum Gasteiger partial charge on any atom is -0.480 e. The van der Waals surface area contributed by atoms with Crippen LogP contribution in [0.3, 0.4) is 0 Å². The maximum atomic E-state index is 14.1. The fourth-order valence-corrected chi connectivity index (χ4v) is 2.73. The van der Waals surface area contributed by atoms with Crippen LogP contribution in [0.1, 0.15) is 18.9 Å². The van der Waals surface area contributed by atoms with Crippen molar-refractivity contribution in [2.45, 2.75) is 18.9 Å². The second kappa shape index (κ2) is 5.67. The molecule has 0 amide bonds. The first-order valence-corrected chi connectivity index (χ1v) is 6.44. The molecule has 1 saturated heterocycles. The molecule has 1 atom stereocenters. The highest BCUT2D eigenvalue weighted by Crippen LogP contribution is 2.34. The van der Waals surface area contributed by atoms with Crippen molar-refractivity contribution in [3.8, 4) is 0 Å². The van der Waals surface area contributed by atoms with E-state index in [2.05, 4.69) is 0 Å². The SMILES string of the molecule is CCC(C(=O)O)(c1ccccc1F)N1CCOCC1. The number of carboxylic acid groups (broad SMARTS) is 1. The van der Waals surface area contributed by atoms with Crippen molar-refractivity contribution in [2.75, 3.05) is 26.3 Å². The van der Waals surface area contributed by atoms with Crippen LogP contribution in [-0.2, 0) is 15.1 Å². The predicted octanol–water partition coefficient (Wildman–Crippen LogP) is 1.85. The molecular weight excluding hydrogens is 249 g/mol. The van der Waals surface area contributed by atoms with Crippen LogP contribution in [0.2, 0.25) is 0 Å². The van der Waals surface area contributed by atoms with Crippen molar-refractivity contribution in [3.05, 3.63) is 35.6 Å². The molecule has 5 heteroatoms. The highest BCUT2D eigenvalue weighted by atomic mass is 19.1. The summed E-state index contributed by atoms with van der Waals surface area (Å²) in [6.07, 6.45) is 0.309. The van der Waals surface area contributed by atoms with Gasteiger partial charge in [-0.1, -0.05) is 25.1 Å². The number of halogens is 1. The van der Waals surface area contributed by atoms with Crippen molar-refractivity contribution in [2.24, 2.45) is 0 Å². The molecular formula is C14H18FNO3. The monoisotopic (exact) mass is 267 g/mol. The predicted molar refractivity (Wildman–Crippen MR) is 68.4 cm³/mol. The molecule has 1 heterocycles. The number of morpholine rings is 1. The molecule has 1 aromatic rings. The summed E-state index contributed by atoms with van der Waals surface area (Å²) in [5.41, 5.74) is -1.08. The summed E-state index contributed by atoms with van der Waals surface area (Å²) >= 11 is 0. The van der Waals surface area contributed by atoms with Gasteiger partial charge in [0.1, 0.15) is 11.4 Å². The zero-order chi connectivity index (χ0) is 13.9. The van der Waals surface area contributed by atoms with Crippen molar-refractivity contribution in [1.82, 2.24) is 4.90 Å². The summed E-state index contributed by atoms with van der Waals surface area (Å²) in [7, 11) is 0. The Morgan fingerprint density at radius 3 is 2.58 bits per heavy atom. The maximum absolute atomic E-state index is 14.1. The molecule has 104 valence electrons. The van der Waals surface area contributed by atoms with E-state index in [1.807, 2.05) is 0 Å². The Morgan fingerprint density at radius 1 is 1.42 bits per heavy atom. The van der Waals surface area contributed by atoms with Crippen LogP contribution >= 0.6 is 0 Å². The van der Waals surface area contributed by atoms with Gasteiger partial charge >= 0.3 is 5.97 Å². The lowest BCUT2D eigenvalue weighted by molar-refractivity contribution is -0.156. The number of benzene rings is 1. The normalized spacial score (nSPS) is 19.9. The minimum atomic E-state index is -1.31. The molecule has 0 spiro atoms. The van der Waals surface area contributed by atoms with Gasteiger partial charge in [-0.2, -0.15) is 0 Å². The number of rotatable bonds is 4. The van der Waals surface area contributed by atoms with Gasteiger partial charge in [0.05, 0.1) is 13.2 Å². The zero-order valence-corrected chi connectivity index (χ0v) is 10.9. The second-order valence-corrected chi connectivity index (χ2v) is 4.60. The fraction of sp³-hybridized carbons (Fsp3) is 0.500. The van der Waals surface area contributed by atoms with Gasteiger partial charge in [-0.15, -0.1) is 0 Å². The topological polar surface area (TPSA) is 49.8 Å². The van der Waals surface area contributed by atoms with Crippen molar-refractivity contribution < 1.29 is 19.0 Å². The Hall–Kier alpha value is -1.46. The molecule has 19 heavy (non-hydrogen) atoms. The molecule has 2 rings (SSSR count). The summed E-state index contributed by atoms with van der Waals surface area (Å²) in [4.78, 5) is 13.7. The van der Waals surface area contributed by atoms with Gasteiger partial charge < -0.3 is 9.84 Å². The lowest BCUT2D eigenvalue weighted by Crippen LogP contribution is -2.56. The number of carboxylic acids is 1. The molecule has 0 aliphatic carbocycles. The average molecular weight is 267 g/mol. The van der Waals surface area contributed by atoms with E-state index in [0.29, 0.717) is 32.7 Å². The molecule has 0 radical (unpaired) electrons. The van der Waals surface area contributed by atoms with Crippen LogP contribution in [0, 0.1) is 5.82 Å². The van der Waals surface area contributed by atoms with E-state index >= 15 is 0 Å². The van der Waals surface area contributed by atoms with Gasteiger partial charge in [-0.05, 0) is 12.5 Å². The number of carbonyl (C=O) groups is 1. The Morgan fingerprint density at radius 2 is 2.05 bits per heavy atom. The van der Waals surface area contributed by atoms with E-state index in [1.165, 1.54) is 6.07 Å². The van der Waals surface area contributed by atoms with Crippen LogP contribution in [0.25, 0.3) is 0 Å². The smallest absolute Gasteiger partial charge is 0.328 e. The first-order chi connectivity index (χ1) is 9.13. The van der Waals surface area contributed by atoms with Gasteiger partial charge in [0.25, 0.3) is 0 Å². The van der Waals surface area contributed by atoms with Gasteiger partial charge in [0.2, 0.25) is 0 Å². The average Bonchev–Trinajstić information content (AvgIpc) is 2.43. The Bertz CT molecular complexity index is 460. The van der Waals surface area contributed by atoms with Crippen LogP contribution < -0.4 is 0 Å². The summed E-state index contributed by atoms with van der Waals surface area (Å²) in [5, 5.41) is 9.70. The Kier molecular flexibility index (Phi) is 4.17. The highest BCUT2D eigenvalue weighted by Gasteiger charge is 2.46. The van der Waals surface area contributed by atoms with Gasteiger partial charge in [0, 0.05) is 18.7 Å². The number of hydrogen-bond donors (Lipinski definition) is 1. The molecule has 0 bridgehead atoms. The lowest BCUT2D eigenvalue weighted by atomic mass is 9.84. The third kappa shape index (κ3) is 2.35. The van der Waals surface area contributed by atoms with Crippen LogP contribution in [0.4, 0.5) is 4.39 Å². The van der Waals surface area contributed by atoms with E-state index in [1.54, 1.807) is 30.0 Å². The highest BCUT2D eigenvalue weighted by molar-refractivity contribution is 5.81. The third-order valence-electron chi connectivity index (χ3n) is 3.74. The van der Waals surface area contributed by atoms with Crippen molar-refractivity contribution in [1.29, 1.82) is 0 Å². The number of ether oxygens (including phenoxy) is 1. The van der Waals surface area contributed by atoms with Crippen molar-refractivity contribution >= 4 is 5.97 Å². The molecule has 1 aromatic carbocycles. The molecule has 1 N–H and O–H groups in total. The summed E-state index contributed by atoms with van der Waals surface area (Å²) in [5.74, 6) is -1.49. The lowest BCUT2D eigenvalue weighted by Gasteiger charge is -2.42. The van der Waals surface area contributed by atoms with E-state index in [9.17, 15) is 14.3 Å². The van der Waals surface area contributed by atoms with Crippen molar-refractivity contribution in [3.63, 3.8) is 0 Å². The molecule has 1 unspecified atom stereocenters. The van der Waals surface area contributed by atoms with Gasteiger partial charge in [0.15, 0.2) is 0 Å². The van der Waals surface area contributed by atoms with Crippen LogP contribution in [0.15, 0.2) is 24.3 Å². The Balaban J connectivity index is 2.50. The van der Waals surface area contributed by atoms with Crippen LogP contribution in [-0.4, -0.2) is 42.3 Å². The molecule has 1 aliphatic heterocycles. The van der Waals surface area contributed by atoms with Gasteiger partial charge in [-0.3, -0.25) is 4.90 Å². The summed E-state index contributed by atoms with van der Waals surface area (Å²) < 4.78 is 19.3. The standard InChI is InChI=1S/C14H18FNO3/c1-2-14(13(17)18,16-7-9-19-10-8-16)11-5-3-4-6-12(11)15/h3-6H,2,7-10H2,1H3,(H,17,18). The van der Waals surface area contributed by atoms with Gasteiger partial charge in [-0.25, -0.2) is 9.18 Å².